The Kier molecular flexibility index (Phi) is 2.81. The molecule has 2 aromatic carbocycles. The predicted octanol–water partition coefficient (Wildman–Crippen LogP) is 1.95. The first-order chi connectivity index (χ1) is 8.64. The monoisotopic (exact) mass is 273 g/mol. The topological polar surface area (TPSA) is 3.24 Å². The molecule has 3 rings (SSSR count). The summed E-state index contributed by atoms with van der Waals surface area (Å²) in [6.45, 7) is 0. The zero-order valence-corrected chi connectivity index (χ0v) is 12.4. The summed E-state index contributed by atoms with van der Waals surface area (Å²) < 4.78 is 2.23. The lowest BCUT2D eigenvalue weighted by atomic mass is 10.0. The normalized spacial score (nSPS) is 16.2. The van der Waals surface area contributed by atoms with Crippen LogP contribution in [0.2, 0.25) is 0 Å². The fraction of sp³-hybridized carbons (Fsp3) is 0.200. The van der Waals surface area contributed by atoms with Gasteiger partial charge in [0, 0.05) is 0 Å². The fourth-order valence-electron chi connectivity index (χ4n) is 2.83. The van der Waals surface area contributed by atoms with Crippen LogP contribution in [0.1, 0.15) is 11.1 Å². The molecule has 1 aliphatic heterocycles. The Labute approximate surface area is 114 Å². The predicted molar refractivity (Wildman–Crippen MR) is 80.3 cm³/mol. The quantitative estimate of drug-likeness (QED) is 0.567. The SMILES string of the molecule is CN(C)[Si]1(Cl)c2ccccc2Cc2ccccc21. The van der Waals surface area contributed by atoms with E-state index in [1.807, 2.05) is 0 Å². The number of rotatable bonds is 1. The summed E-state index contributed by atoms with van der Waals surface area (Å²) in [7, 11) is 1.94. The Morgan fingerprint density at radius 1 is 0.889 bits per heavy atom. The lowest BCUT2D eigenvalue weighted by molar-refractivity contribution is 0.649. The highest BCUT2D eigenvalue weighted by molar-refractivity contribution is 7.33. The Morgan fingerprint density at radius 2 is 1.33 bits per heavy atom. The zero-order valence-electron chi connectivity index (χ0n) is 10.7. The Balaban J connectivity index is 2.31. The summed E-state index contributed by atoms with van der Waals surface area (Å²) in [6, 6.07) is 17.2. The van der Waals surface area contributed by atoms with Gasteiger partial charge >= 0.3 is 0 Å². The summed E-state index contributed by atoms with van der Waals surface area (Å²) in [6.07, 6.45) is 1.00. The van der Waals surface area contributed by atoms with Crippen LogP contribution in [0, 0.1) is 0 Å². The molecule has 0 atom stereocenters. The van der Waals surface area contributed by atoms with Gasteiger partial charge in [0.15, 0.2) is 0 Å². The van der Waals surface area contributed by atoms with Crippen LogP contribution >= 0.6 is 11.1 Å². The van der Waals surface area contributed by atoms with Crippen molar-refractivity contribution in [1.29, 1.82) is 0 Å². The maximum absolute atomic E-state index is 7.14. The van der Waals surface area contributed by atoms with Crippen molar-refractivity contribution in [2.24, 2.45) is 0 Å². The molecular weight excluding hydrogens is 258 g/mol. The molecule has 1 aliphatic rings. The van der Waals surface area contributed by atoms with Crippen molar-refractivity contribution in [1.82, 2.24) is 4.57 Å². The number of hydrogen-bond acceptors (Lipinski definition) is 1. The lowest BCUT2D eigenvalue weighted by Crippen LogP contribution is -2.67. The third-order valence-corrected chi connectivity index (χ3v) is 9.62. The largest absolute Gasteiger partial charge is 0.310 e. The average molecular weight is 274 g/mol. The highest BCUT2D eigenvalue weighted by atomic mass is 35.6. The molecule has 0 aliphatic carbocycles. The summed E-state index contributed by atoms with van der Waals surface area (Å²) in [5.41, 5.74) is 2.76. The van der Waals surface area contributed by atoms with Crippen molar-refractivity contribution in [3.8, 4) is 0 Å². The Bertz CT molecular complexity index is 549. The highest BCUT2D eigenvalue weighted by Gasteiger charge is 2.44. The molecule has 2 aromatic rings. The van der Waals surface area contributed by atoms with Gasteiger partial charge in [0.05, 0.1) is 0 Å². The van der Waals surface area contributed by atoms with Crippen LogP contribution in [0.3, 0.4) is 0 Å². The second-order valence-corrected chi connectivity index (χ2v) is 9.86. The summed E-state index contributed by atoms with van der Waals surface area (Å²) in [5, 5.41) is 2.69. The number of benzene rings is 2. The lowest BCUT2D eigenvalue weighted by Gasteiger charge is -2.38. The molecule has 92 valence electrons. The second-order valence-electron chi connectivity index (χ2n) is 5.01. The van der Waals surface area contributed by atoms with E-state index in [1.54, 1.807) is 0 Å². The van der Waals surface area contributed by atoms with Gasteiger partial charge in [-0.1, -0.05) is 48.5 Å². The van der Waals surface area contributed by atoms with Crippen LogP contribution in [0.4, 0.5) is 0 Å². The zero-order chi connectivity index (χ0) is 12.8. The molecule has 0 aromatic heterocycles. The van der Waals surface area contributed by atoms with Gasteiger partial charge in [-0.05, 0) is 42.0 Å². The molecule has 0 saturated heterocycles. The molecule has 0 bridgehead atoms. The smallest absolute Gasteiger partial charge is 0.292 e. The third kappa shape index (κ3) is 1.57. The highest BCUT2D eigenvalue weighted by Crippen LogP contribution is 2.23. The van der Waals surface area contributed by atoms with Crippen LogP contribution < -0.4 is 10.4 Å². The van der Waals surface area contributed by atoms with Crippen molar-refractivity contribution in [2.45, 2.75) is 6.42 Å². The maximum Gasteiger partial charge on any atom is 0.292 e. The van der Waals surface area contributed by atoms with Gasteiger partial charge < -0.3 is 4.57 Å². The number of fused-ring (bicyclic) bond motifs is 2. The first kappa shape index (κ1) is 12.0. The van der Waals surface area contributed by atoms with Crippen molar-refractivity contribution >= 4 is 29.0 Å². The van der Waals surface area contributed by atoms with Crippen LogP contribution in [-0.2, 0) is 6.42 Å². The molecule has 0 unspecified atom stereocenters. The van der Waals surface area contributed by atoms with Crippen molar-refractivity contribution in [3.63, 3.8) is 0 Å². The second kappa shape index (κ2) is 4.23. The molecule has 0 N–H and O–H groups in total. The first-order valence-electron chi connectivity index (χ1n) is 6.17. The minimum atomic E-state index is -2.25. The molecule has 3 heteroatoms. The summed E-state index contributed by atoms with van der Waals surface area (Å²) in [4.78, 5) is 0. The van der Waals surface area contributed by atoms with Crippen LogP contribution in [-0.4, -0.2) is 26.2 Å². The molecule has 0 saturated carbocycles. The van der Waals surface area contributed by atoms with Crippen molar-refractivity contribution < 1.29 is 0 Å². The number of nitrogens with zero attached hydrogens (tertiary/aromatic N) is 1. The van der Waals surface area contributed by atoms with Crippen molar-refractivity contribution in [2.75, 3.05) is 14.1 Å². The molecular formula is C15H16ClNSi. The fourth-order valence-corrected chi connectivity index (χ4v) is 7.02. The van der Waals surface area contributed by atoms with Gasteiger partial charge in [0.1, 0.15) is 0 Å². The summed E-state index contributed by atoms with van der Waals surface area (Å²) in [5.74, 6) is 0. The van der Waals surface area contributed by atoms with Crippen LogP contribution in [0.5, 0.6) is 0 Å². The van der Waals surface area contributed by atoms with E-state index in [2.05, 4.69) is 67.2 Å². The third-order valence-electron chi connectivity index (χ3n) is 3.75. The molecule has 0 radical (unpaired) electrons. The van der Waals surface area contributed by atoms with E-state index in [0.29, 0.717) is 0 Å². The van der Waals surface area contributed by atoms with Crippen molar-refractivity contribution in [3.05, 3.63) is 59.7 Å². The minimum Gasteiger partial charge on any atom is -0.310 e. The number of halogens is 1. The van der Waals surface area contributed by atoms with Gasteiger partial charge in [-0.3, -0.25) is 0 Å². The average Bonchev–Trinajstić information content (AvgIpc) is 2.39. The summed E-state index contributed by atoms with van der Waals surface area (Å²) >= 11 is 7.14. The molecule has 0 amide bonds. The van der Waals surface area contributed by atoms with E-state index < -0.39 is 7.55 Å². The minimum absolute atomic E-state index is 1.00. The van der Waals surface area contributed by atoms with Gasteiger partial charge in [-0.25, -0.2) is 0 Å². The molecule has 0 spiro atoms. The molecule has 1 nitrogen and oxygen atoms in total. The van der Waals surface area contributed by atoms with E-state index >= 15 is 0 Å². The van der Waals surface area contributed by atoms with E-state index in [0.717, 1.165) is 6.42 Å². The van der Waals surface area contributed by atoms with E-state index in [4.69, 9.17) is 11.1 Å². The van der Waals surface area contributed by atoms with Gasteiger partial charge in [0.2, 0.25) is 0 Å². The number of hydrogen-bond donors (Lipinski definition) is 0. The van der Waals surface area contributed by atoms with E-state index in [1.165, 1.54) is 21.5 Å². The Hall–Kier alpha value is -1.09. The van der Waals surface area contributed by atoms with E-state index in [9.17, 15) is 0 Å². The Morgan fingerprint density at radius 3 is 1.78 bits per heavy atom. The maximum atomic E-state index is 7.14. The van der Waals surface area contributed by atoms with Gasteiger partial charge in [0.25, 0.3) is 7.55 Å². The molecule has 1 heterocycles. The van der Waals surface area contributed by atoms with Gasteiger partial charge in [-0.15, -0.1) is 11.1 Å². The molecule has 0 fully saturated rings. The molecule has 18 heavy (non-hydrogen) atoms. The van der Waals surface area contributed by atoms with E-state index in [-0.39, 0.29) is 0 Å². The standard InChI is InChI=1S/C15H16ClNSi/c1-17(2)18(16)14-9-5-3-7-12(14)11-13-8-4-6-10-15(13)18/h3-10H,11H2,1-2H3. The first-order valence-corrected chi connectivity index (χ1v) is 9.13. The van der Waals surface area contributed by atoms with Crippen LogP contribution in [0.15, 0.2) is 48.5 Å². The van der Waals surface area contributed by atoms with Crippen LogP contribution in [0.25, 0.3) is 0 Å². The van der Waals surface area contributed by atoms with Gasteiger partial charge in [-0.2, -0.15) is 0 Å².